The third-order valence-electron chi connectivity index (χ3n) is 6.03. The number of carbonyl (C=O) groups excluding carboxylic acids is 2. The zero-order valence-corrected chi connectivity index (χ0v) is 25.4. The van der Waals surface area contributed by atoms with Crippen LogP contribution in [0.1, 0.15) is 63.7 Å². The van der Waals surface area contributed by atoms with Gasteiger partial charge in [0.25, 0.3) is 0 Å². The fourth-order valence-electron chi connectivity index (χ4n) is 3.79. The Kier molecular flexibility index (Phi) is 16.1. The molecule has 40 heavy (non-hydrogen) atoms. The SMILES string of the molecule is C=C(CC=C/C(C)=C\C)CCCC(=O)O.CCSC(=NC)N(CC)C(=O)Cn1cc(C=O)c2ccc(OC)cc21. The summed E-state index contributed by atoms with van der Waals surface area (Å²) in [5.41, 5.74) is 3.68. The van der Waals surface area contributed by atoms with E-state index >= 15 is 0 Å². The Hall–Kier alpha value is -3.59. The number of amides is 1. The quantitative estimate of drug-likeness (QED) is 0.0940. The molecule has 2 aromatic rings. The molecule has 0 saturated carbocycles. The number of amidine groups is 1. The van der Waals surface area contributed by atoms with Crippen molar-refractivity contribution < 1.29 is 24.2 Å². The Morgan fingerprint density at radius 1 is 1.25 bits per heavy atom. The Bertz CT molecular complexity index is 1240. The first-order chi connectivity index (χ1) is 19.1. The number of rotatable bonds is 13. The van der Waals surface area contributed by atoms with Crippen molar-refractivity contribution in [2.45, 2.75) is 59.9 Å². The van der Waals surface area contributed by atoms with E-state index in [9.17, 15) is 14.4 Å². The van der Waals surface area contributed by atoms with Gasteiger partial charge in [-0.25, -0.2) is 0 Å². The van der Waals surface area contributed by atoms with E-state index in [-0.39, 0.29) is 18.9 Å². The maximum Gasteiger partial charge on any atom is 0.303 e. The van der Waals surface area contributed by atoms with Crippen LogP contribution < -0.4 is 4.74 Å². The number of allylic oxidation sites excluding steroid dienone is 5. The van der Waals surface area contributed by atoms with Gasteiger partial charge in [0.15, 0.2) is 11.5 Å². The summed E-state index contributed by atoms with van der Waals surface area (Å²) in [5.74, 6) is 0.723. The molecule has 0 saturated heterocycles. The standard InChI is InChI=1S/C18H23N3O3S.C13H20O2/c1-5-21(18(19-3)25-6-2)17(23)11-20-10-13(12-22)15-8-7-14(24-4)9-16(15)20;1-4-11(2)7-5-8-12(3)9-6-10-13(14)15/h7-10,12H,5-6,11H2,1-4H3;4-5,7H,3,6,8-10H2,1-2H3,(H,14,15)/b;7-5?,11-4-. The fourth-order valence-corrected chi connectivity index (χ4v) is 4.57. The van der Waals surface area contributed by atoms with Gasteiger partial charge in [-0.3, -0.25) is 24.3 Å². The van der Waals surface area contributed by atoms with Crippen molar-refractivity contribution in [2.24, 2.45) is 4.99 Å². The number of thioether (sulfide) groups is 1. The van der Waals surface area contributed by atoms with E-state index in [0.717, 1.165) is 41.4 Å². The van der Waals surface area contributed by atoms with E-state index in [2.05, 4.69) is 23.7 Å². The van der Waals surface area contributed by atoms with E-state index in [4.69, 9.17) is 9.84 Å². The molecule has 0 fully saturated rings. The van der Waals surface area contributed by atoms with Gasteiger partial charge in [0.1, 0.15) is 12.3 Å². The number of aldehydes is 1. The van der Waals surface area contributed by atoms with Crippen molar-refractivity contribution >= 4 is 46.0 Å². The van der Waals surface area contributed by atoms with Crippen molar-refractivity contribution in [1.29, 1.82) is 0 Å². The number of benzene rings is 1. The van der Waals surface area contributed by atoms with Gasteiger partial charge in [-0.05, 0) is 57.9 Å². The van der Waals surface area contributed by atoms with Crippen LogP contribution >= 0.6 is 11.8 Å². The van der Waals surface area contributed by atoms with Gasteiger partial charge in [-0.2, -0.15) is 0 Å². The van der Waals surface area contributed by atoms with Crippen molar-refractivity contribution in [3.63, 3.8) is 0 Å². The lowest BCUT2D eigenvalue weighted by Gasteiger charge is -2.22. The number of hydrogen-bond donors (Lipinski definition) is 1. The number of aliphatic imine (C=N–C) groups is 1. The van der Waals surface area contributed by atoms with Gasteiger partial charge < -0.3 is 14.4 Å². The molecule has 1 N–H and O–H groups in total. The topological polar surface area (TPSA) is 101 Å². The van der Waals surface area contributed by atoms with Crippen LogP contribution in [0.15, 0.2) is 65.3 Å². The third-order valence-corrected chi connectivity index (χ3v) is 6.98. The van der Waals surface area contributed by atoms with E-state index in [0.29, 0.717) is 29.4 Å². The molecule has 0 spiro atoms. The first kappa shape index (κ1) is 34.4. The summed E-state index contributed by atoms with van der Waals surface area (Å²) in [6.45, 7) is 12.6. The van der Waals surface area contributed by atoms with E-state index < -0.39 is 5.97 Å². The smallest absolute Gasteiger partial charge is 0.303 e. The highest BCUT2D eigenvalue weighted by Gasteiger charge is 2.19. The zero-order chi connectivity index (χ0) is 30.1. The number of carbonyl (C=O) groups is 3. The second kappa shape index (κ2) is 18.7. The van der Waals surface area contributed by atoms with Crippen LogP contribution in [0.4, 0.5) is 0 Å². The predicted molar refractivity (Wildman–Crippen MR) is 167 cm³/mol. The van der Waals surface area contributed by atoms with Crippen LogP contribution in [0.2, 0.25) is 0 Å². The Morgan fingerprint density at radius 3 is 2.52 bits per heavy atom. The Morgan fingerprint density at radius 2 is 1.98 bits per heavy atom. The van der Waals surface area contributed by atoms with Crippen molar-refractivity contribution in [1.82, 2.24) is 9.47 Å². The molecule has 0 bridgehead atoms. The van der Waals surface area contributed by atoms with Gasteiger partial charge in [-0.15, -0.1) is 0 Å². The maximum absolute atomic E-state index is 12.8. The van der Waals surface area contributed by atoms with Gasteiger partial charge >= 0.3 is 5.97 Å². The van der Waals surface area contributed by atoms with Crippen molar-refractivity contribution in [3.05, 3.63) is 65.9 Å². The molecule has 1 aromatic carbocycles. The number of carboxylic acids is 1. The number of nitrogens with zero attached hydrogens (tertiary/aromatic N) is 3. The fraction of sp³-hybridized carbons (Fsp3) is 0.419. The lowest BCUT2D eigenvalue weighted by Crippen LogP contribution is -2.37. The minimum Gasteiger partial charge on any atom is -0.497 e. The Labute approximate surface area is 242 Å². The molecule has 9 heteroatoms. The second-order valence-electron chi connectivity index (χ2n) is 8.93. The molecule has 218 valence electrons. The van der Waals surface area contributed by atoms with Crippen LogP contribution in [0, 0.1) is 0 Å². The molecule has 0 aliphatic carbocycles. The summed E-state index contributed by atoms with van der Waals surface area (Å²) in [5, 5.41) is 9.97. The normalized spacial score (nSPS) is 11.8. The number of carboxylic acid groups (broad SMARTS) is 1. The highest BCUT2D eigenvalue weighted by Crippen LogP contribution is 2.25. The number of hydrogen-bond acceptors (Lipinski definition) is 6. The number of aliphatic carboxylic acids is 1. The van der Waals surface area contributed by atoms with Crippen molar-refractivity contribution in [3.8, 4) is 5.75 Å². The largest absolute Gasteiger partial charge is 0.497 e. The molecule has 0 unspecified atom stereocenters. The summed E-state index contributed by atoms with van der Waals surface area (Å²) in [6.07, 6.45) is 11.2. The van der Waals surface area contributed by atoms with Crippen molar-refractivity contribution in [2.75, 3.05) is 26.5 Å². The molecule has 0 radical (unpaired) electrons. The van der Waals surface area contributed by atoms with Gasteiger partial charge in [-0.1, -0.05) is 54.6 Å². The molecule has 0 aliphatic heterocycles. The summed E-state index contributed by atoms with van der Waals surface area (Å²) < 4.78 is 7.05. The molecule has 2 rings (SSSR count). The number of fused-ring (bicyclic) bond motifs is 1. The van der Waals surface area contributed by atoms with Crippen LogP contribution in [0.25, 0.3) is 10.9 Å². The molecule has 1 aromatic heterocycles. The zero-order valence-electron chi connectivity index (χ0n) is 24.6. The lowest BCUT2D eigenvalue weighted by atomic mass is 10.1. The van der Waals surface area contributed by atoms with Gasteiger partial charge in [0, 0.05) is 43.2 Å². The average molecular weight is 570 g/mol. The van der Waals surface area contributed by atoms with Crippen LogP contribution in [-0.4, -0.2) is 64.4 Å². The second-order valence-corrected chi connectivity index (χ2v) is 10.2. The third kappa shape index (κ3) is 11.3. The number of likely N-dealkylation sites (N-methyl/N-ethyl adjacent to an activating group) is 1. The summed E-state index contributed by atoms with van der Waals surface area (Å²) in [4.78, 5) is 40.3. The monoisotopic (exact) mass is 569 g/mol. The van der Waals surface area contributed by atoms with Gasteiger partial charge in [0.05, 0.1) is 12.6 Å². The maximum atomic E-state index is 12.8. The minimum atomic E-state index is -0.733. The predicted octanol–water partition coefficient (Wildman–Crippen LogP) is 6.76. The molecule has 1 heterocycles. The number of aromatic nitrogens is 1. The van der Waals surface area contributed by atoms with Gasteiger partial charge in [0.2, 0.25) is 5.91 Å². The first-order valence-electron chi connectivity index (χ1n) is 13.3. The summed E-state index contributed by atoms with van der Waals surface area (Å²) in [6, 6.07) is 5.48. The molecule has 0 aliphatic rings. The lowest BCUT2D eigenvalue weighted by molar-refractivity contribution is -0.137. The molecular weight excluding hydrogens is 526 g/mol. The minimum absolute atomic E-state index is 0.0683. The number of methoxy groups -OCH3 is 1. The average Bonchev–Trinajstić information content (AvgIpc) is 3.29. The Balaban J connectivity index is 0.000000459. The first-order valence-corrected chi connectivity index (χ1v) is 14.3. The van der Waals surface area contributed by atoms with Crippen LogP contribution in [0.5, 0.6) is 5.75 Å². The molecule has 1 amide bonds. The summed E-state index contributed by atoms with van der Waals surface area (Å²) >= 11 is 1.54. The van der Waals surface area contributed by atoms with E-state index in [1.165, 1.54) is 17.3 Å². The van der Waals surface area contributed by atoms with Crippen LogP contribution in [0.3, 0.4) is 0 Å². The van der Waals surface area contributed by atoms with E-state index in [1.807, 2.05) is 45.9 Å². The summed E-state index contributed by atoms with van der Waals surface area (Å²) in [7, 11) is 3.28. The molecule has 8 nitrogen and oxygen atoms in total. The highest BCUT2D eigenvalue weighted by atomic mass is 32.2. The van der Waals surface area contributed by atoms with E-state index in [1.54, 1.807) is 35.9 Å². The molecular formula is C31H43N3O5S. The van der Waals surface area contributed by atoms with Crippen LogP contribution in [-0.2, 0) is 16.1 Å². The molecule has 0 atom stereocenters. The number of ether oxygens (including phenoxy) is 1. The highest BCUT2D eigenvalue weighted by molar-refractivity contribution is 8.13.